The van der Waals surface area contributed by atoms with E-state index in [1.165, 1.54) is 0 Å². The molecule has 0 radical (unpaired) electrons. The largest absolute Gasteiger partial charge is 0.444 e. The first kappa shape index (κ1) is 14.3. The number of piperazine rings is 1. The lowest BCUT2D eigenvalue weighted by molar-refractivity contribution is 0.0145. The highest BCUT2D eigenvalue weighted by Gasteiger charge is 2.25. The minimum atomic E-state index is -0.401. The Morgan fingerprint density at radius 3 is 2.29 bits per heavy atom. The van der Waals surface area contributed by atoms with Gasteiger partial charge in [-0.1, -0.05) is 6.42 Å². The number of carbonyl (C=O) groups is 1. The minimum Gasteiger partial charge on any atom is -0.444 e. The molecule has 1 heterocycles. The lowest BCUT2D eigenvalue weighted by atomic mass is 10.2. The van der Waals surface area contributed by atoms with Crippen LogP contribution in [-0.2, 0) is 4.74 Å². The quantitative estimate of drug-likeness (QED) is 0.710. The molecule has 0 aromatic rings. The Kier molecular flexibility index (Phi) is 5.25. The average Bonchev–Trinajstić information content (AvgIpc) is 2.24. The maximum atomic E-state index is 11.8. The summed E-state index contributed by atoms with van der Waals surface area (Å²) in [6, 6.07) is 0. The van der Waals surface area contributed by atoms with Gasteiger partial charge in [0, 0.05) is 26.2 Å². The fourth-order valence-electron chi connectivity index (χ4n) is 1.82. The highest BCUT2D eigenvalue weighted by atomic mass is 16.6. The van der Waals surface area contributed by atoms with E-state index in [-0.39, 0.29) is 6.09 Å². The summed E-state index contributed by atoms with van der Waals surface area (Å²) in [5.41, 5.74) is -0.401. The lowest BCUT2D eigenvalue weighted by Gasteiger charge is -2.35. The molecular formula is C13H25N2O2-. The fraction of sp³-hybridized carbons (Fsp3) is 0.846. The Balaban J connectivity index is 2.29. The molecule has 17 heavy (non-hydrogen) atoms. The van der Waals surface area contributed by atoms with Gasteiger partial charge in [0.15, 0.2) is 0 Å². The zero-order chi connectivity index (χ0) is 12.9. The van der Waals surface area contributed by atoms with Crippen molar-refractivity contribution in [1.29, 1.82) is 0 Å². The van der Waals surface area contributed by atoms with Crippen molar-refractivity contribution >= 4 is 6.09 Å². The molecule has 0 saturated carbocycles. The van der Waals surface area contributed by atoms with Gasteiger partial charge in [0.05, 0.1) is 0 Å². The van der Waals surface area contributed by atoms with Crippen LogP contribution < -0.4 is 0 Å². The lowest BCUT2D eigenvalue weighted by Crippen LogP contribution is -2.50. The van der Waals surface area contributed by atoms with Crippen LogP contribution in [0.4, 0.5) is 4.79 Å². The first-order chi connectivity index (χ1) is 7.92. The third kappa shape index (κ3) is 5.39. The molecular weight excluding hydrogens is 216 g/mol. The number of rotatable bonds is 3. The van der Waals surface area contributed by atoms with Crippen molar-refractivity contribution in [2.75, 3.05) is 32.7 Å². The molecule has 0 aliphatic carbocycles. The first-order valence-electron chi connectivity index (χ1n) is 6.42. The van der Waals surface area contributed by atoms with E-state index in [0.29, 0.717) is 0 Å². The van der Waals surface area contributed by atoms with Gasteiger partial charge in [-0.25, -0.2) is 4.79 Å². The highest BCUT2D eigenvalue weighted by molar-refractivity contribution is 5.68. The summed E-state index contributed by atoms with van der Waals surface area (Å²) in [7, 11) is 0. The second kappa shape index (κ2) is 6.24. The Morgan fingerprint density at radius 2 is 1.82 bits per heavy atom. The second-order valence-electron chi connectivity index (χ2n) is 5.52. The van der Waals surface area contributed by atoms with Crippen LogP contribution in [0.5, 0.6) is 0 Å². The number of unbranched alkanes of at least 4 members (excludes halogenated alkanes) is 1. The molecule has 1 amide bonds. The SMILES string of the molecule is [CH2-]CCCN1CCN(C(=O)OC(C)(C)C)CC1. The molecule has 0 spiro atoms. The van der Waals surface area contributed by atoms with Crippen LogP contribution >= 0.6 is 0 Å². The summed E-state index contributed by atoms with van der Waals surface area (Å²) in [5.74, 6) is 0. The number of ether oxygens (including phenoxy) is 1. The Morgan fingerprint density at radius 1 is 1.24 bits per heavy atom. The van der Waals surface area contributed by atoms with Crippen molar-refractivity contribution < 1.29 is 9.53 Å². The number of hydrogen-bond donors (Lipinski definition) is 0. The fourth-order valence-corrected chi connectivity index (χ4v) is 1.82. The van der Waals surface area contributed by atoms with Gasteiger partial charge in [0.25, 0.3) is 0 Å². The summed E-state index contributed by atoms with van der Waals surface area (Å²) in [6.45, 7) is 14.1. The molecule has 100 valence electrons. The van der Waals surface area contributed by atoms with Crippen molar-refractivity contribution in [2.45, 2.75) is 39.2 Å². The molecule has 1 rings (SSSR count). The number of hydrogen-bond acceptors (Lipinski definition) is 3. The van der Waals surface area contributed by atoms with Crippen molar-refractivity contribution in [3.05, 3.63) is 6.92 Å². The van der Waals surface area contributed by atoms with Crippen LogP contribution in [0.3, 0.4) is 0 Å². The summed E-state index contributed by atoms with van der Waals surface area (Å²) in [4.78, 5) is 16.0. The second-order valence-corrected chi connectivity index (χ2v) is 5.52. The predicted octanol–water partition coefficient (Wildman–Crippen LogP) is 2.15. The van der Waals surface area contributed by atoms with Gasteiger partial charge < -0.3 is 16.6 Å². The van der Waals surface area contributed by atoms with E-state index in [1.807, 2.05) is 20.8 Å². The maximum Gasteiger partial charge on any atom is 0.410 e. The number of nitrogens with zero attached hydrogens (tertiary/aromatic N) is 2. The molecule has 1 aliphatic rings. The van der Waals surface area contributed by atoms with Crippen molar-refractivity contribution in [3.8, 4) is 0 Å². The van der Waals surface area contributed by atoms with Gasteiger partial charge in [0.1, 0.15) is 5.60 Å². The number of carbonyl (C=O) groups excluding carboxylic acids is 1. The third-order valence-corrected chi connectivity index (χ3v) is 2.75. The molecule has 0 aromatic carbocycles. The van der Waals surface area contributed by atoms with E-state index < -0.39 is 5.60 Å². The van der Waals surface area contributed by atoms with Gasteiger partial charge in [-0.2, -0.15) is 6.42 Å². The van der Waals surface area contributed by atoms with Crippen molar-refractivity contribution in [3.63, 3.8) is 0 Å². The van der Waals surface area contributed by atoms with Gasteiger partial charge in [0.2, 0.25) is 0 Å². The Bertz CT molecular complexity index is 240. The van der Waals surface area contributed by atoms with E-state index in [2.05, 4.69) is 11.8 Å². The summed E-state index contributed by atoms with van der Waals surface area (Å²) in [6.07, 6.45) is 1.92. The summed E-state index contributed by atoms with van der Waals surface area (Å²) >= 11 is 0. The average molecular weight is 241 g/mol. The third-order valence-electron chi connectivity index (χ3n) is 2.75. The summed E-state index contributed by atoms with van der Waals surface area (Å²) < 4.78 is 5.35. The molecule has 0 atom stereocenters. The van der Waals surface area contributed by atoms with Crippen LogP contribution in [-0.4, -0.2) is 54.2 Å². The van der Waals surface area contributed by atoms with E-state index in [9.17, 15) is 4.79 Å². The molecule has 1 fully saturated rings. The maximum absolute atomic E-state index is 11.8. The van der Waals surface area contributed by atoms with Crippen molar-refractivity contribution in [1.82, 2.24) is 9.80 Å². The summed E-state index contributed by atoms with van der Waals surface area (Å²) in [5, 5.41) is 0. The van der Waals surface area contributed by atoms with Gasteiger partial charge >= 0.3 is 6.09 Å². The predicted molar refractivity (Wildman–Crippen MR) is 68.8 cm³/mol. The number of amides is 1. The van der Waals surface area contributed by atoms with E-state index in [4.69, 9.17) is 4.74 Å². The molecule has 1 saturated heterocycles. The van der Waals surface area contributed by atoms with E-state index in [0.717, 1.165) is 45.6 Å². The van der Waals surface area contributed by atoms with Gasteiger partial charge in [-0.3, -0.25) is 4.90 Å². The molecule has 0 bridgehead atoms. The molecule has 4 heteroatoms. The monoisotopic (exact) mass is 241 g/mol. The normalized spacial score (nSPS) is 18.2. The Hall–Kier alpha value is -0.770. The van der Waals surface area contributed by atoms with Crippen molar-refractivity contribution in [2.24, 2.45) is 0 Å². The van der Waals surface area contributed by atoms with Crippen LogP contribution in [0, 0.1) is 6.92 Å². The molecule has 0 N–H and O–H groups in total. The van der Waals surface area contributed by atoms with Crippen LogP contribution in [0.15, 0.2) is 0 Å². The van der Waals surface area contributed by atoms with Gasteiger partial charge in [-0.05, 0) is 27.3 Å². The Labute approximate surface area is 105 Å². The van der Waals surface area contributed by atoms with Crippen LogP contribution in [0.25, 0.3) is 0 Å². The molecule has 0 aromatic heterocycles. The van der Waals surface area contributed by atoms with Gasteiger partial charge in [-0.15, -0.1) is 0 Å². The highest BCUT2D eigenvalue weighted by Crippen LogP contribution is 2.12. The topological polar surface area (TPSA) is 32.8 Å². The standard InChI is InChI=1S/C13H25N2O2/c1-5-6-7-14-8-10-15(11-9-14)12(16)17-13(2,3)4/h1,5-11H2,2-4H3/q-1. The van der Waals surface area contributed by atoms with E-state index in [1.54, 1.807) is 4.90 Å². The zero-order valence-corrected chi connectivity index (χ0v) is 11.4. The van der Waals surface area contributed by atoms with Crippen LogP contribution in [0.1, 0.15) is 33.6 Å². The van der Waals surface area contributed by atoms with Crippen LogP contribution in [0.2, 0.25) is 0 Å². The smallest absolute Gasteiger partial charge is 0.410 e. The zero-order valence-electron chi connectivity index (χ0n) is 11.4. The molecule has 4 nitrogen and oxygen atoms in total. The molecule has 0 unspecified atom stereocenters. The first-order valence-corrected chi connectivity index (χ1v) is 6.42. The molecule has 1 aliphatic heterocycles. The minimum absolute atomic E-state index is 0.186. The van der Waals surface area contributed by atoms with E-state index >= 15 is 0 Å².